The first kappa shape index (κ1) is 33.6. The zero-order chi connectivity index (χ0) is 30.5. The van der Waals surface area contributed by atoms with Crippen molar-refractivity contribution in [3.8, 4) is 0 Å². The fourth-order valence-corrected chi connectivity index (χ4v) is 5.76. The van der Waals surface area contributed by atoms with Gasteiger partial charge in [-0.25, -0.2) is 28.1 Å². The van der Waals surface area contributed by atoms with Gasteiger partial charge in [0.05, 0.1) is 37.9 Å². The van der Waals surface area contributed by atoms with Crippen molar-refractivity contribution in [2.45, 2.75) is 91.4 Å². The molecule has 13 heteroatoms. The first-order valence-corrected chi connectivity index (χ1v) is 14.9. The standard InChI is InChI=1S/C28H53N7O6/c1-27(2,3)15-21(36)18-33-24(39)34(19-22(37)16-30-9-7-29-8-10-30)26(41)35(25(33)40)20-23(38)17-31-11-13-32(14-12-31)28(4,5)6/h21-23,29,36-38H,7-20H2,1-6H3. The van der Waals surface area contributed by atoms with Crippen LogP contribution in [0.4, 0.5) is 0 Å². The Hall–Kier alpha value is -1.87. The summed E-state index contributed by atoms with van der Waals surface area (Å²) in [5.41, 5.74) is -2.78. The third-order valence-electron chi connectivity index (χ3n) is 7.88. The molecule has 4 N–H and O–H groups in total. The van der Waals surface area contributed by atoms with Gasteiger partial charge in [0.1, 0.15) is 0 Å². The maximum absolute atomic E-state index is 13.5. The Morgan fingerprint density at radius 1 is 0.610 bits per heavy atom. The maximum Gasteiger partial charge on any atom is 0.336 e. The zero-order valence-corrected chi connectivity index (χ0v) is 25.9. The van der Waals surface area contributed by atoms with E-state index in [0.29, 0.717) is 6.42 Å². The monoisotopic (exact) mass is 583 g/mol. The molecular weight excluding hydrogens is 530 g/mol. The Morgan fingerprint density at radius 3 is 1.39 bits per heavy atom. The van der Waals surface area contributed by atoms with Crippen molar-refractivity contribution in [1.29, 1.82) is 0 Å². The topological polar surface area (TPSA) is 148 Å². The van der Waals surface area contributed by atoms with E-state index >= 15 is 0 Å². The zero-order valence-electron chi connectivity index (χ0n) is 25.9. The van der Waals surface area contributed by atoms with Gasteiger partial charge in [-0.2, -0.15) is 0 Å². The number of β-amino-alcohol motifs (C(OH)–C–C–N with tert-alkyl or cyclic N) is 2. The summed E-state index contributed by atoms with van der Waals surface area (Å²) in [6.07, 6.45) is -2.69. The van der Waals surface area contributed by atoms with E-state index in [1.807, 2.05) is 20.8 Å². The molecule has 1 aromatic rings. The van der Waals surface area contributed by atoms with Crippen molar-refractivity contribution in [3.63, 3.8) is 0 Å². The van der Waals surface area contributed by atoms with Crippen molar-refractivity contribution >= 4 is 0 Å². The lowest BCUT2D eigenvalue weighted by Crippen LogP contribution is -2.58. The SMILES string of the molecule is CC(C)(C)CC(O)Cn1c(=O)n(CC(O)CN2CCNCC2)c(=O)n(CC(O)CN2CCN(C(C)(C)C)CC2)c1=O. The van der Waals surface area contributed by atoms with Crippen LogP contribution in [0.1, 0.15) is 48.0 Å². The third-order valence-corrected chi connectivity index (χ3v) is 7.88. The van der Waals surface area contributed by atoms with Crippen LogP contribution in [0.25, 0.3) is 0 Å². The van der Waals surface area contributed by atoms with Crippen molar-refractivity contribution in [3.05, 3.63) is 31.5 Å². The van der Waals surface area contributed by atoms with Gasteiger partial charge in [-0.1, -0.05) is 20.8 Å². The lowest BCUT2D eigenvalue weighted by molar-refractivity contribution is 0.0312. The summed E-state index contributed by atoms with van der Waals surface area (Å²) in [6.45, 7) is 18.3. The van der Waals surface area contributed by atoms with Crippen molar-refractivity contribution < 1.29 is 15.3 Å². The highest BCUT2D eigenvalue weighted by atomic mass is 16.3. The van der Waals surface area contributed by atoms with Gasteiger partial charge in [-0.15, -0.1) is 0 Å². The summed E-state index contributed by atoms with van der Waals surface area (Å²) in [7, 11) is 0. The van der Waals surface area contributed by atoms with E-state index in [2.05, 4.69) is 40.8 Å². The fraction of sp³-hybridized carbons (Fsp3) is 0.893. The Bertz CT molecular complexity index is 1150. The van der Waals surface area contributed by atoms with E-state index in [9.17, 15) is 29.7 Å². The second-order valence-corrected chi connectivity index (χ2v) is 13.9. The smallest absolute Gasteiger partial charge is 0.336 e. The maximum atomic E-state index is 13.5. The normalized spacial score (nSPS) is 20.7. The summed E-state index contributed by atoms with van der Waals surface area (Å²) < 4.78 is 2.61. The van der Waals surface area contributed by atoms with Gasteiger partial charge >= 0.3 is 17.1 Å². The van der Waals surface area contributed by atoms with Crippen LogP contribution in [-0.2, 0) is 19.6 Å². The molecule has 0 amide bonds. The molecule has 0 aliphatic carbocycles. The van der Waals surface area contributed by atoms with Crippen LogP contribution in [0.15, 0.2) is 14.4 Å². The van der Waals surface area contributed by atoms with Gasteiger partial charge in [0.2, 0.25) is 0 Å². The first-order valence-electron chi connectivity index (χ1n) is 14.9. The fourth-order valence-electron chi connectivity index (χ4n) is 5.76. The molecule has 0 radical (unpaired) electrons. The van der Waals surface area contributed by atoms with Crippen LogP contribution >= 0.6 is 0 Å². The number of piperazine rings is 2. The van der Waals surface area contributed by atoms with Crippen molar-refractivity contribution in [1.82, 2.24) is 33.7 Å². The molecule has 3 rings (SSSR count). The molecule has 3 atom stereocenters. The second-order valence-electron chi connectivity index (χ2n) is 13.9. The van der Waals surface area contributed by atoms with E-state index in [-0.39, 0.29) is 43.7 Å². The Morgan fingerprint density at radius 2 is 1.00 bits per heavy atom. The molecule has 0 spiro atoms. The number of aliphatic hydroxyl groups excluding tert-OH is 3. The highest BCUT2D eigenvalue weighted by molar-refractivity contribution is 4.86. The van der Waals surface area contributed by atoms with Crippen LogP contribution in [0.5, 0.6) is 0 Å². The van der Waals surface area contributed by atoms with Crippen LogP contribution in [0.3, 0.4) is 0 Å². The predicted molar refractivity (Wildman–Crippen MR) is 158 cm³/mol. The Balaban J connectivity index is 1.83. The molecule has 0 aromatic carbocycles. The highest BCUT2D eigenvalue weighted by Crippen LogP contribution is 2.21. The summed E-state index contributed by atoms with van der Waals surface area (Å²) in [6, 6.07) is 0. The van der Waals surface area contributed by atoms with Gasteiger partial charge in [0.25, 0.3) is 0 Å². The molecule has 13 nitrogen and oxygen atoms in total. The van der Waals surface area contributed by atoms with Gasteiger partial charge in [0.15, 0.2) is 0 Å². The van der Waals surface area contributed by atoms with Crippen LogP contribution in [-0.4, -0.2) is 133 Å². The van der Waals surface area contributed by atoms with Crippen LogP contribution in [0.2, 0.25) is 0 Å². The summed E-state index contributed by atoms with van der Waals surface area (Å²) in [5.74, 6) is 0. The minimum atomic E-state index is -1.02. The molecule has 0 saturated carbocycles. The molecule has 2 saturated heterocycles. The quantitative estimate of drug-likeness (QED) is 0.231. The number of aromatic nitrogens is 3. The molecule has 3 unspecified atom stereocenters. The Labute approximate surface area is 243 Å². The molecule has 41 heavy (non-hydrogen) atoms. The highest BCUT2D eigenvalue weighted by Gasteiger charge is 2.28. The molecule has 2 fully saturated rings. The predicted octanol–water partition coefficient (Wildman–Crippen LogP) is -1.99. The van der Waals surface area contributed by atoms with Gasteiger partial charge in [-0.3, -0.25) is 14.7 Å². The van der Waals surface area contributed by atoms with Gasteiger partial charge in [0, 0.05) is 71.0 Å². The number of nitrogens with one attached hydrogen (secondary N) is 1. The number of hydrogen-bond donors (Lipinski definition) is 4. The van der Waals surface area contributed by atoms with Gasteiger partial charge in [-0.05, 0) is 32.6 Å². The minimum Gasteiger partial charge on any atom is -0.391 e. The molecule has 2 aliphatic heterocycles. The summed E-state index contributed by atoms with van der Waals surface area (Å²) >= 11 is 0. The second kappa shape index (κ2) is 14.1. The van der Waals surface area contributed by atoms with E-state index < -0.39 is 35.4 Å². The molecule has 3 heterocycles. The number of hydrogen-bond acceptors (Lipinski definition) is 10. The van der Waals surface area contributed by atoms with E-state index in [1.165, 1.54) is 0 Å². The number of aliphatic hydroxyl groups is 3. The average molecular weight is 584 g/mol. The Kier molecular flexibility index (Phi) is 11.5. The van der Waals surface area contributed by atoms with Crippen molar-refractivity contribution in [2.75, 3.05) is 65.4 Å². The lowest BCUT2D eigenvalue weighted by atomic mass is 9.89. The van der Waals surface area contributed by atoms with Gasteiger partial charge < -0.3 is 20.6 Å². The molecule has 1 aromatic heterocycles. The number of nitrogens with zero attached hydrogens (tertiary/aromatic N) is 6. The summed E-state index contributed by atoms with van der Waals surface area (Å²) in [5, 5.41) is 35.7. The number of rotatable bonds is 11. The molecule has 0 bridgehead atoms. The summed E-state index contributed by atoms with van der Waals surface area (Å²) in [4.78, 5) is 46.8. The van der Waals surface area contributed by atoms with Crippen LogP contribution in [0, 0.1) is 5.41 Å². The largest absolute Gasteiger partial charge is 0.391 e. The average Bonchev–Trinajstić information content (AvgIpc) is 2.86. The molecule has 2 aliphatic rings. The van der Waals surface area contributed by atoms with Crippen LogP contribution < -0.4 is 22.4 Å². The van der Waals surface area contributed by atoms with E-state index in [0.717, 1.165) is 66.1 Å². The third kappa shape index (κ3) is 9.84. The van der Waals surface area contributed by atoms with E-state index in [4.69, 9.17) is 0 Å². The van der Waals surface area contributed by atoms with Crippen molar-refractivity contribution in [2.24, 2.45) is 5.41 Å². The molecule has 236 valence electrons. The first-order chi connectivity index (χ1) is 19.0. The lowest BCUT2D eigenvalue weighted by Gasteiger charge is -2.42. The van der Waals surface area contributed by atoms with E-state index in [1.54, 1.807) is 0 Å². The molecular formula is C28H53N7O6. The minimum absolute atomic E-state index is 0.0593.